The molecular formula is C12H9N. The fourth-order valence-corrected chi connectivity index (χ4v) is 1.50. The van der Waals surface area contributed by atoms with E-state index in [1.54, 1.807) is 0 Å². The summed E-state index contributed by atoms with van der Waals surface area (Å²) in [6, 6.07) is 10.1. The van der Waals surface area contributed by atoms with Crippen LogP contribution in [0.2, 0.25) is 0 Å². The number of benzene rings is 1. The van der Waals surface area contributed by atoms with Gasteiger partial charge in [-0.2, -0.15) is 5.26 Å². The third-order valence-electron chi connectivity index (χ3n) is 2.55. The minimum atomic E-state index is -0.215. The second-order valence-corrected chi connectivity index (χ2v) is 3.42. The van der Waals surface area contributed by atoms with Crippen molar-refractivity contribution in [3.8, 4) is 18.4 Å². The van der Waals surface area contributed by atoms with Gasteiger partial charge in [0.25, 0.3) is 0 Å². The molecule has 0 heterocycles. The Kier molecular flexibility index (Phi) is 1.61. The van der Waals surface area contributed by atoms with Gasteiger partial charge in [0.05, 0.1) is 11.5 Å². The van der Waals surface area contributed by atoms with Gasteiger partial charge >= 0.3 is 0 Å². The molecule has 0 saturated heterocycles. The average molecular weight is 167 g/mol. The van der Waals surface area contributed by atoms with Gasteiger partial charge in [-0.15, -0.1) is 6.42 Å². The van der Waals surface area contributed by atoms with Crippen LogP contribution in [0, 0.1) is 23.7 Å². The molecule has 0 aliphatic heterocycles. The van der Waals surface area contributed by atoms with Crippen LogP contribution in [-0.2, 0) is 5.41 Å². The quantitative estimate of drug-likeness (QED) is 0.588. The molecule has 13 heavy (non-hydrogen) atoms. The number of nitriles is 1. The fraction of sp³-hybridized carbons (Fsp3) is 0.250. The van der Waals surface area contributed by atoms with Crippen LogP contribution in [0.25, 0.3) is 0 Å². The predicted octanol–water partition coefficient (Wildman–Crippen LogP) is 2.22. The number of nitrogens with zero attached hydrogens (tertiary/aromatic N) is 1. The Hall–Kier alpha value is -1.73. The Morgan fingerprint density at radius 1 is 1.38 bits per heavy atom. The molecule has 0 unspecified atom stereocenters. The molecule has 1 aliphatic rings. The van der Waals surface area contributed by atoms with Gasteiger partial charge < -0.3 is 0 Å². The Labute approximate surface area is 78.0 Å². The Balaban J connectivity index is 2.44. The van der Waals surface area contributed by atoms with Crippen LogP contribution in [0.15, 0.2) is 24.3 Å². The van der Waals surface area contributed by atoms with Crippen molar-refractivity contribution in [1.29, 1.82) is 5.26 Å². The highest BCUT2D eigenvalue weighted by Gasteiger charge is 2.44. The van der Waals surface area contributed by atoms with E-state index >= 15 is 0 Å². The fourth-order valence-electron chi connectivity index (χ4n) is 1.50. The summed E-state index contributed by atoms with van der Waals surface area (Å²) in [7, 11) is 0. The highest BCUT2D eigenvalue weighted by atomic mass is 14.5. The largest absolute Gasteiger partial charge is 0.197 e. The summed E-state index contributed by atoms with van der Waals surface area (Å²) in [5.41, 5.74) is 1.72. The third kappa shape index (κ3) is 1.19. The number of rotatable bonds is 1. The first-order valence-corrected chi connectivity index (χ1v) is 4.29. The van der Waals surface area contributed by atoms with E-state index in [2.05, 4.69) is 12.0 Å². The normalized spacial score (nSPS) is 17.1. The predicted molar refractivity (Wildman–Crippen MR) is 50.9 cm³/mol. The topological polar surface area (TPSA) is 23.8 Å². The van der Waals surface area contributed by atoms with Crippen molar-refractivity contribution in [2.45, 2.75) is 18.3 Å². The van der Waals surface area contributed by atoms with Crippen molar-refractivity contribution in [1.82, 2.24) is 0 Å². The van der Waals surface area contributed by atoms with Gasteiger partial charge in [-0.25, -0.2) is 0 Å². The zero-order valence-corrected chi connectivity index (χ0v) is 7.25. The standard InChI is InChI=1S/C12H9N/c1-2-10-4-3-5-11(8-10)12(9-13)6-7-12/h1,3-5,8H,6-7H2. The average Bonchev–Trinajstić information content (AvgIpc) is 2.99. The van der Waals surface area contributed by atoms with Gasteiger partial charge in [-0.05, 0) is 30.5 Å². The minimum Gasteiger partial charge on any atom is -0.197 e. The summed E-state index contributed by atoms with van der Waals surface area (Å²) < 4.78 is 0. The van der Waals surface area contributed by atoms with E-state index in [4.69, 9.17) is 11.7 Å². The smallest absolute Gasteiger partial charge is 0.0824 e. The van der Waals surface area contributed by atoms with Crippen LogP contribution in [0.1, 0.15) is 24.0 Å². The van der Waals surface area contributed by atoms with Gasteiger partial charge in [0, 0.05) is 5.56 Å². The highest BCUT2D eigenvalue weighted by molar-refractivity contribution is 5.44. The third-order valence-corrected chi connectivity index (χ3v) is 2.55. The van der Waals surface area contributed by atoms with E-state index in [0.29, 0.717) is 0 Å². The van der Waals surface area contributed by atoms with E-state index in [-0.39, 0.29) is 5.41 Å². The minimum absolute atomic E-state index is 0.215. The van der Waals surface area contributed by atoms with Crippen LogP contribution >= 0.6 is 0 Å². The van der Waals surface area contributed by atoms with Crippen LogP contribution in [0.3, 0.4) is 0 Å². The monoisotopic (exact) mass is 167 g/mol. The lowest BCUT2D eigenvalue weighted by molar-refractivity contribution is 0.908. The molecule has 1 aromatic carbocycles. The summed E-state index contributed by atoms with van der Waals surface area (Å²) >= 11 is 0. The lowest BCUT2D eigenvalue weighted by Gasteiger charge is -2.05. The maximum Gasteiger partial charge on any atom is 0.0824 e. The summed E-state index contributed by atoms with van der Waals surface area (Å²) in [6.07, 6.45) is 7.23. The molecule has 1 nitrogen and oxygen atoms in total. The van der Waals surface area contributed by atoms with Crippen molar-refractivity contribution in [3.63, 3.8) is 0 Å². The summed E-state index contributed by atoms with van der Waals surface area (Å²) in [5, 5.41) is 8.97. The van der Waals surface area contributed by atoms with Crippen LogP contribution < -0.4 is 0 Å². The summed E-state index contributed by atoms with van der Waals surface area (Å²) in [5.74, 6) is 2.58. The Bertz CT molecular complexity index is 413. The van der Waals surface area contributed by atoms with E-state index in [9.17, 15) is 0 Å². The molecule has 0 N–H and O–H groups in total. The van der Waals surface area contributed by atoms with Gasteiger partial charge in [0.1, 0.15) is 0 Å². The van der Waals surface area contributed by atoms with Crippen molar-refractivity contribution in [2.24, 2.45) is 0 Å². The second-order valence-electron chi connectivity index (χ2n) is 3.42. The lowest BCUT2D eigenvalue weighted by atomic mass is 9.96. The van der Waals surface area contributed by atoms with Crippen LogP contribution in [-0.4, -0.2) is 0 Å². The molecule has 0 radical (unpaired) electrons. The zero-order chi connectivity index (χ0) is 9.31. The van der Waals surface area contributed by atoms with Gasteiger partial charge in [-0.1, -0.05) is 18.1 Å². The Morgan fingerprint density at radius 3 is 2.69 bits per heavy atom. The summed E-state index contributed by atoms with van der Waals surface area (Å²) in [4.78, 5) is 0. The number of hydrogen-bond donors (Lipinski definition) is 0. The van der Waals surface area contributed by atoms with Crippen molar-refractivity contribution in [3.05, 3.63) is 35.4 Å². The highest BCUT2D eigenvalue weighted by Crippen LogP contribution is 2.47. The van der Waals surface area contributed by atoms with Crippen LogP contribution in [0.4, 0.5) is 0 Å². The molecule has 0 bridgehead atoms. The first-order chi connectivity index (χ1) is 6.30. The first-order valence-electron chi connectivity index (χ1n) is 4.29. The molecule has 1 saturated carbocycles. The van der Waals surface area contributed by atoms with E-state index in [0.717, 1.165) is 24.0 Å². The Morgan fingerprint density at radius 2 is 2.15 bits per heavy atom. The maximum absolute atomic E-state index is 8.97. The summed E-state index contributed by atoms with van der Waals surface area (Å²) in [6.45, 7) is 0. The van der Waals surface area contributed by atoms with Gasteiger partial charge in [-0.3, -0.25) is 0 Å². The van der Waals surface area contributed by atoms with E-state index in [1.807, 2.05) is 24.3 Å². The molecule has 0 atom stereocenters. The molecule has 1 heteroatoms. The second kappa shape index (κ2) is 2.64. The van der Waals surface area contributed by atoms with Gasteiger partial charge in [0.15, 0.2) is 0 Å². The van der Waals surface area contributed by atoms with E-state index < -0.39 is 0 Å². The molecule has 62 valence electrons. The van der Waals surface area contributed by atoms with Crippen molar-refractivity contribution >= 4 is 0 Å². The SMILES string of the molecule is C#Cc1cccc(C2(C#N)CC2)c1. The molecule has 1 fully saturated rings. The van der Waals surface area contributed by atoms with E-state index in [1.165, 1.54) is 0 Å². The molecule has 0 amide bonds. The molecular weight excluding hydrogens is 158 g/mol. The first kappa shape index (κ1) is 7.90. The van der Waals surface area contributed by atoms with Crippen LogP contribution in [0.5, 0.6) is 0 Å². The van der Waals surface area contributed by atoms with Crippen molar-refractivity contribution < 1.29 is 0 Å². The number of hydrogen-bond acceptors (Lipinski definition) is 1. The zero-order valence-electron chi connectivity index (χ0n) is 7.25. The molecule has 1 aliphatic carbocycles. The molecule has 2 rings (SSSR count). The van der Waals surface area contributed by atoms with Crippen molar-refractivity contribution in [2.75, 3.05) is 0 Å². The molecule has 1 aromatic rings. The lowest BCUT2D eigenvalue weighted by Crippen LogP contribution is -2.02. The maximum atomic E-state index is 8.97. The van der Waals surface area contributed by atoms with Gasteiger partial charge in [0.2, 0.25) is 0 Å². The number of terminal acetylenes is 1. The molecule has 0 spiro atoms. The molecule has 0 aromatic heterocycles.